The first-order valence-electron chi connectivity index (χ1n) is 6.01. The smallest absolute Gasteiger partial charge is 0.254 e. The van der Waals surface area contributed by atoms with Gasteiger partial charge in [0.25, 0.3) is 5.91 Å². The molecule has 2 aromatic rings. The van der Waals surface area contributed by atoms with E-state index < -0.39 is 23.6 Å². The number of aryl methyl sites for hydroxylation is 1. The summed E-state index contributed by atoms with van der Waals surface area (Å²) in [5.74, 6) is -2.38. The molecule has 0 fully saturated rings. The third-order valence-corrected chi connectivity index (χ3v) is 2.96. The average molecular weight is 280 g/mol. The Bertz CT molecular complexity index is 625. The van der Waals surface area contributed by atoms with Gasteiger partial charge in [0.1, 0.15) is 17.7 Å². The lowest BCUT2D eigenvalue weighted by molar-refractivity contribution is 0.0908. The van der Waals surface area contributed by atoms with Crippen LogP contribution in [0, 0.1) is 11.6 Å². The van der Waals surface area contributed by atoms with Crippen LogP contribution in [0.5, 0.6) is 0 Å². The number of amides is 1. The fourth-order valence-corrected chi connectivity index (χ4v) is 1.88. The molecule has 0 spiro atoms. The van der Waals surface area contributed by atoms with Gasteiger partial charge >= 0.3 is 0 Å². The second kappa shape index (κ2) is 5.83. The van der Waals surface area contributed by atoms with Gasteiger partial charge in [-0.25, -0.2) is 8.78 Å². The Morgan fingerprint density at radius 3 is 2.75 bits per heavy atom. The number of aliphatic hydroxyl groups is 1. The molecule has 0 aliphatic carbocycles. The van der Waals surface area contributed by atoms with Crippen molar-refractivity contribution in [3.05, 3.63) is 59.4 Å². The molecule has 106 valence electrons. The van der Waals surface area contributed by atoms with E-state index in [1.54, 1.807) is 29.9 Å². The zero-order valence-corrected chi connectivity index (χ0v) is 10.8. The Morgan fingerprint density at radius 2 is 2.15 bits per heavy atom. The topological polar surface area (TPSA) is 54.3 Å². The van der Waals surface area contributed by atoms with Crippen LogP contribution in [-0.2, 0) is 7.05 Å². The van der Waals surface area contributed by atoms with Crippen molar-refractivity contribution in [1.29, 1.82) is 0 Å². The first kappa shape index (κ1) is 14.2. The molecular weight excluding hydrogens is 266 g/mol. The van der Waals surface area contributed by atoms with Gasteiger partial charge in [-0.1, -0.05) is 0 Å². The standard InChI is InChI=1S/C14H14F2N2O2/c1-18-6-2-3-12(18)13(19)8-17-14(20)10-5-4-9(15)7-11(10)16/h2-7,13,19H,8H2,1H3,(H,17,20). The van der Waals surface area contributed by atoms with Gasteiger partial charge in [-0.2, -0.15) is 0 Å². The molecule has 1 aromatic carbocycles. The van der Waals surface area contributed by atoms with Crippen molar-refractivity contribution < 1.29 is 18.7 Å². The third-order valence-electron chi connectivity index (χ3n) is 2.96. The molecule has 1 amide bonds. The van der Waals surface area contributed by atoms with Crippen LogP contribution >= 0.6 is 0 Å². The Morgan fingerprint density at radius 1 is 1.40 bits per heavy atom. The van der Waals surface area contributed by atoms with Gasteiger partial charge in [-0.15, -0.1) is 0 Å². The largest absolute Gasteiger partial charge is 0.385 e. The van der Waals surface area contributed by atoms with Gasteiger partial charge in [0.05, 0.1) is 5.56 Å². The van der Waals surface area contributed by atoms with E-state index in [-0.39, 0.29) is 12.1 Å². The predicted molar refractivity (Wildman–Crippen MR) is 69.1 cm³/mol. The van der Waals surface area contributed by atoms with Gasteiger partial charge in [0.15, 0.2) is 0 Å². The number of aliphatic hydroxyl groups excluding tert-OH is 1. The highest BCUT2D eigenvalue weighted by atomic mass is 19.1. The van der Waals surface area contributed by atoms with E-state index in [0.717, 1.165) is 12.1 Å². The van der Waals surface area contributed by atoms with Crippen LogP contribution in [0.25, 0.3) is 0 Å². The second-order valence-corrected chi connectivity index (χ2v) is 4.39. The quantitative estimate of drug-likeness (QED) is 0.896. The maximum absolute atomic E-state index is 13.4. The van der Waals surface area contributed by atoms with E-state index in [1.807, 2.05) is 0 Å². The minimum atomic E-state index is -0.934. The number of nitrogens with one attached hydrogen (secondary N) is 1. The highest BCUT2D eigenvalue weighted by molar-refractivity contribution is 5.94. The van der Waals surface area contributed by atoms with E-state index in [9.17, 15) is 18.7 Å². The lowest BCUT2D eigenvalue weighted by atomic mass is 10.2. The third kappa shape index (κ3) is 3.03. The van der Waals surface area contributed by atoms with E-state index in [1.165, 1.54) is 0 Å². The van der Waals surface area contributed by atoms with E-state index >= 15 is 0 Å². The monoisotopic (exact) mass is 280 g/mol. The Kier molecular flexibility index (Phi) is 4.14. The second-order valence-electron chi connectivity index (χ2n) is 4.39. The summed E-state index contributed by atoms with van der Waals surface area (Å²) >= 11 is 0. The molecule has 6 heteroatoms. The molecular formula is C14H14F2N2O2. The summed E-state index contributed by atoms with van der Waals surface area (Å²) in [7, 11) is 1.76. The molecule has 1 aromatic heterocycles. The SMILES string of the molecule is Cn1cccc1C(O)CNC(=O)c1ccc(F)cc1F. The Hall–Kier alpha value is -2.21. The number of nitrogens with zero attached hydrogens (tertiary/aromatic N) is 1. The maximum atomic E-state index is 13.4. The summed E-state index contributed by atoms with van der Waals surface area (Å²) in [5, 5.41) is 12.3. The van der Waals surface area contributed by atoms with Crippen molar-refractivity contribution >= 4 is 5.91 Å². The molecule has 1 heterocycles. The molecule has 2 rings (SSSR count). The van der Waals surface area contributed by atoms with Crippen LogP contribution in [0.1, 0.15) is 22.2 Å². The van der Waals surface area contributed by atoms with Crippen LogP contribution in [0.4, 0.5) is 8.78 Å². The van der Waals surface area contributed by atoms with Crippen molar-refractivity contribution in [2.24, 2.45) is 7.05 Å². The number of carbonyl (C=O) groups excluding carboxylic acids is 1. The van der Waals surface area contributed by atoms with Gasteiger partial charge in [0, 0.05) is 31.5 Å². The molecule has 0 saturated carbocycles. The highest BCUT2D eigenvalue weighted by Crippen LogP contribution is 2.13. The van der Waals surface area contributed by atoms with Crippen molar-refractivity contribution in [1.82, 2.24) is 9.88 Å². The number of hydrogen-bond donors (Lipinski definition) is 2. The first-order valence-corrected chi connectivity index (χ1v) is 6.01. The van der Waals surface area contributed by atoms with E-state index in [0.29, 0.717) is 11.8 Å². The summed E-state index contributed by atoms with van der Waals surface area (Å²) in [5.41, 5.74) is 0.371. The van der Waals surface area contributed by atoms with Crippen LogP contribution in [-0.4, -0.2) is 22.1 Å². The fourth-order valence-electron chi connectivity index (χ4n) is 1.88. The summed E-state index contributed by atoms with van der Waals surface area (Å²) in [6.45, 7) is -0.0620. The van der Waals surface area contributed by atoms with Crippen molar-refractivity contribution in [3.8, 4) is 0 Å². The lowest BCUT2D eigenvalue weighted by Gasteiger charge is -2.13. The van der Waals surface area contributed by atoms with Crippen molar-refractivity contribution in [2.75, 3.05) is 6.54 Å². The van der Waals surface area contributed by atoms with Gasteiger partial charge in [-0.05, 0) is 24.3 Å². The van der Waals surface area contributed by atoms with E-state index in [4.69, 9.17) is 0 Å². The molecule has 20 heavy (non-hydrogen) atoms. The normalized spacial score (nSPS) is 12.2. The highest BCUT2D eigenvalue weighted by Gasteiger charge is 2.15. The number of benzene rings is 1. The minimum Gasteiger partial charge on any atom is -0.385 e. The lowest BCUT2D eigenvalue weighted by Crippen LogP contribution is -2.29. The molecule has 0 bridgehead atoms. The van der Waals surface area contributed by atoms with Crippen molar-refractivity contribution in [2.45, 2.75) is 6.10 Å². The van der Waals surface area contributed by atoms with Gasteiger partial charge in [-0.3, -0.25) is 4.79 Å². The average Bonchev–Trinajstić information content (AvgIpc) is 2.82. The number of rotatable bonds is 4. The number of aromatic nitrogens is 1. The number of halogens is 2. The van der Waals surface area contributed by atoms with Crippen LogP contribution in [0.3, 0.4) is 0 Å². The summed E-state index contributed by atoms with van der Waals surface area (Å²) in [4.78, 5) is 11.7. The van der Waals surface area contributed by atoms with Crippen molar-refractivity contribution in [3.63, 3.8) is 0 Å². The molecule has 0 aliphatic rings. The van der Waals surface area contributed by atoms with Gasteiger partial charge in [0.2, 0.25) is 0 Å². The van der Waals surface area contributed by atoms with E-state index in [2.05, 4.69) is 5.32 Å². The molecule has 1 unspecified atom stereocenters. The predicted octanol–water partition coefficient (Wildman–Crippen LogP) is 1.77. The minimum absolute atomic E-state index is 0.0620. The van der Waals surface area contributed by atoms with Crippen LogP contribution in [0.15, 0.2) is 36.5 Å². The summed E-state index contributed by atoms with van der Waals surface area (Å²) in [6, 6.07) is 6.19. The molecule has 0 radical (unpaired) electrons. The Labute approximate surface area is 114 Å². The number of hydrogen-bond acceptors (Lipinski definition) is 2. The fraction of sp³-hybridized carbons (Fsp3) is 0.214. The van der Waals surface area contributed by atoms with Crippen LogP contribution < -0.4 is 5.32 Å². The molecule has 2 N–H and O–H groups in total. The molecule has 0 aliphatic heterocycles. The zero-order valence-electron chi connectivity index (χ0n) is 10.8. The summed E-state index contributed by atoms with van der Waals surface area (Å²) in [6.07, 6.45) is 0.863. The Balaban J connectivity index is 2.00. The van der Waals surface area contributed by atoms with Crippen LogP contribution in [0.2, 0.25) is 0 Å². The molecule has 4 nitrogen and oxygen atoms in total. The maximum Gasteiger partial charge on any atom is 0.254 e. The number of carbonyl (C=O) groups is 1. The zero-order chi connectivity index (χ0) is 14.7. The molecule has 0 saturated heterocycles. The first-order chi connectivity index (χ1) is 9.49. The molecule has 1 atom stereocenters. The van der Waals surface area contributed by atoms with Gasteiger partial charge < -0.3 is 15.0 Å². The summed E-state index contributed by atoms with van der Waals surface area (Å²) < 4.78 is 27.9.